The molecule has 1 aromatic carbocycles. The summed E-state index contributed by atoms with van der Waals surface area (Å²) in [4.78, 5) is 0. The lowest BCUT2D eigenvalue weighted by Gasteiger charge is -2.25. The lowest BCUT2D eigenvalue weighted by molar-refractivity contribution is 0.0310. The van der Waals surface area contributed by atoms with Crippen LogP contribution in [0.2, 0.25) is 0 Å². The normalized spacial score (nSPS) is 24.4. The summed E-state index contributed by atoms with van der Waals surface area (Å²) < 4.78 is 19.6. The van der Waals surface area contributed by atoms with E-state index in [4.69, 9.17) is 4.74 Å². The monoisotopic (exact) mass is 295 g/mol. The number of halogens is 1. The SMILES string of the molecule is CCNC(C)c1ccc(F)cc1OC1CCCCCC1O. The highest BCUT2D eigenvalue weighted by Gasteiger charge is 2.25. The summed E-state index contributed by atoms with van der Waals surface area (Å²) in [5.74, 6) is 0.245. The zero-order valence-electron chi connectivity index (χ0n) is 12.9. The first-order chi connectivity index (χ1) is 10.1. The molecule has 0 amide bonds. The molecule has 118 valence electrons. The first kappa shape index (κ1) is 16.2. The maximum Gasteiger partial charge on any atom is 0.127 e. The molecule has 3 nitrogen and oxygen atoms in total. The van der Waals surface area contributed by atoms with Gasteiger partial charge in [0.15, 0.2) is 0 Å². The fourth-order valence-corrected chi connectivity index (χ4v) is 2.94. The fourth-order valence-electron chi connectivity index (χ4n) is 2.94. The molecule has 0 bridgehead atoms. The first-order valence-corrected chi connectivity index (χ1v) is 7.99. The molecule has 2 N–H and O–H groups in total. The second-order valence-electron chi connectivity index (χ2n) is 5.82. The molecular weight excluding hydrogens is 269 g/mol. The minimum atomic E-state index is -0.460. The van der Waals surface area contributed by atoms with Crippen LogP contribution in [-0.4, -0.2) is 23.9 Å². The van der Waals surface area contributed by atoms with Gasteiger partial charge < -0.3 is 15.2 Å². The number of nitrogens with one attached hydrogen (secondary N) is 1. The lowest BCUT2D eigenvalue weighted by Crippen LogP contribution is -2.31. The molecule has 21 heavy (non-hydrogen) atoms. The van der Waals surface area contributed by atoms with Gasteiger partial charge >= 0.3 is 0 Å². The lowest BCUT2D eigenvalue weighted by atomic mass is 10.1. The van der Waals surface area contributed by atoms with Crippen LogP contribution in [-0.2, 0) is 0 Å². The van der Waals surface area contributed by atoms with E-state index in [-0.39, 0.29) is 18.0 Å². The largest absolute Gasteiger partial charge is 0.487 e. The Labute approximate surface area is 126 Å². The second kappa shape index (κ2) is 7.76. The Morgan fingerprint density at radius 1 is 1.33 bits per heavy atom. The Balaban J connectivity index is 2.18. The molecule has 2 rings (SSSR count). The molecule has 1 fully saturated rings. The van der Waals surface area contributed by atoms with Crippen LogP contribution in [0.5, 0.6) is 5.75 Å². The molecule has 3 atom stereocenters. The Hall–Kier alpha value is -1.13. The molecule has 0 heterocycles. The van der Waals surface area contributed by atoms with E-state index in [2.05, 4.69) is 5.32 Å². The molecule has 1 aromatic rings. The minimum absolute atomic E-state index is 0.0912. The highest BCUT2D eigenvalue weighted by molar-refractivity contribution is 5.36. The van der Waals surface area contributed by atoms with Gasteiger partial charge in [0.2, 0.25) is 0 Å². The fraction of sp³-hybridized carbons (Fsp3) is 0.647. The highest BCUT2D eigenvalue weighted by Crippen LogP contribution is 2.30. The molecule has 1 aliphatic rings. The molecule has 1 aliphatic carbocycles. The Morgan fingerprint density at radius 2 is 2.10 bits per heavy atom. The summed E-state index contributed by atoms with van der Waals surface area (Å²) in [5.41, 5.74) is 0.940. The summed E-state index contributed by atoms with van der Waals surface area (Å²) in [6.07, 6.45) is 4.10. The quantitative estimate of drug-likeness (QED) is 0.816. The number of aliphatic hydroxyl groups is 1. The zero-order valence-corrected chi connectivity index (χ0v) is 12.9. The van der Waals surface area contributed by atoms with Crippen LogP contribution >= 0.6 is 0 Å². The molecule has 1 saturated carbocycles. The Kier molecular flexibility index (Phi) is 6.00. The van der Waals surface area contributed by atoms with E-state index in [1.54, 1.807) is 6.07 Å². The maximum absolute atomic E-state index is 13.6. The van der Waals surface area contributed by atoms with Crippen molar-refractivity contribution in [1.82, 2.24) is 5.32 Å². The minimum Gasteiger partial charge on any atom is -0.487 e. The predicted octanol–water partition coefficient (Wildman–Crippen LogP) is 3.57. The number of ether oxygens (including phenoxy) is 1. The Bertz CT molecular complexity index is 452. The average molecular weight is 295 g/mol. The van der Waals surface area contributed by atoms with Gasteiger partial charge in [0.05, 0.1) is 6.10 Å². The topological polar surface area (TPSA) is 41.5 Å². The molecule has 0 saturated heterocycles. The van der Waals surface area contributed by atoms with Crippen molar-refractivity contribution >= 4 is 0 Å². The van der Waals surface area contributed by atoms with Gasteiger partial charge in [0, 0.05) is 17.7 Å². The average Bonchev–Trinajstić information content (AvgIpc) is 2.64. The van der Waals surface area contributed by atoms with Crippen molar-refractivity contribution in [1.29, 1.82) is 0 Å². The van der Waals surface area contributed by atoms with Gasteiger partial charge in [-0.3, -0.25) is 0 Å². The van der Waals surface area contributed by atoms with Crippen LogP contribution in [0.4, 0.5) is 4.39 Å². The van der Waals surface area contributed by atoms with Crippen LogP contribution in [0.25, 0.3) is 0 Å². The second-order valence-corrected chi connectivity index (χ2v) is 5.82. The summed E-state index contributed by atoms with van der Waals surface area (Å²) in [7, 11) is 0. The molecule has 0 spiro atoms. The third-order valence-electron chi connectivity index (χ3n) is 4.15. The molecule has 3 unspecified atom stereocenters. The molecule has 0 radical (unpaired) electrons. The van der Waals surface area contributed by atoms with E-state index >= 15 is 0 Å². The smallest absolute Gasteiger partial charge is 0.127 e. The van der Waals surface area contributed by atoms with E-state index in [1.807, 2.05) is 13.8 Å². The van der Waals surface area contributed by atoms with E-state index in [9.17, 15) is 9.50 Å². The van der Waals surface area contributed by atoms with Gasteiger partial charge in [-0.15, -0.1) is 0 Å². The molecule has 0 aliphatic heterocycles. The summed E-state index contributed by atoms with van der Waals surface area (Å²) in [6, 6.07) is 4.75. The zero-order chi connectivity index (χ0) is 15.2. The third-order valence-corrected chi connectivity index (χ3v) is 4.15. The van der Waals surface area contributed by atoms with Gasteiger partial charge in [0.1, 0.15) is 17.7 Å². The number of hydrogen-bond acceptors (Lipinski definition) is 3. The van der Waals surface area contributed by atoms with E-state index < -0.39 is 6.10 Å². The van der Waals surface area contributed by atoms with Crippen molar-refractivity contribution < 1.29 is 14.2 Å². The van der Waals surface area contributed by atoms with Gasteiger partial charge in [0.25, 0.3) is 0 Å². The van der Waals surface area contributed by atoms with Gasteiger partial charge in [-0.1, -0.05) is 25.8 Å². The number of aliphatic hydroxyl groups excluding tert-OH is 1. The van der Waals surface area contributed by atoms with Crippen LogP contribution in [0.15, 0.2) is 18.2 Å². The predicted molar refractivity (Wildman–Crippen MR) is 82.0 cm³/mol. The van der Waals surface area contributed by atoms with E-state index in [1.165, 1.54) is 12.1 Å². The van der Waals surface area contributed by atoms with Gasteiger partial charge in [-0.05, 0) is 38.8 Å². The molecule has 4 heteroatoms. The van der Waals surface area contributed by atoms with Crippen molar-refractivity contribution in [2.24, 2.45) is 0 Å². The highest BCUT2D eigenvalue weighted by atomic mass is 19.1. The van der Waals surface area contributed by atoms with Crippen LogP contribution in [0, 0.1) is 5.82 Å². The summed E-state index contributed by atoms with van der Waals surface area (Å²) in [6.45, 7) is 4.91. The standard InChI is InChI=1S/C17H26FNO2/c1-3-19-12(2)14-10-9-13(18)11-17(14)21-16-8-6-4-5-7-15(16)20/h9-12,15-16,19-20H,3-8H2,1-2H3. The van der Waals surface area contributed by atoms with E-state index in [0.29, 0.717) is 5.75 Å². The summed E-state index contributed by atoms with van der Waals surface area (Å²) in [5, 5.41) is 13.5. The maximum atomic E-state index is 13.6. The first-order valence-electron chi connectivity index (χ1n) is 7.99. The molecular formula is C17H26FNO2. The van der Waals surface area contributed by atoms with Crippen molar-refractivity contribution in [2.45, 2.75) is 64.2 Å². The van der Waals surface area contributed by atoms with Crippen LogP contribution < -0.4 is 10.1 Å². The molecule has 0 aromatic heterocycles. The van der Waals surface area contributed by atoms with Crippen molar-refractivity contribution in [3.63, 3.8) is 0 Å². The Morgan fingerprint density at radius 3 is 2.86 bits per heavy atom. The van der Waals surface area contributed by atoms with Crippen molar-refractivity contribution in [2.75, 3.05) is 6.54 Å². The summed E-state index contributed by atoms with van der Waals surface area (Å²) >= 11 is 0. The van der Waals surface area contributed by atoms with Gasteiger partial charge in [-0.2, -0.15) is 0 Å². The third kappa shape index (κ3) is 4.42. The number of hydrogen-bond donors (Lipinski definition) is 2. The van der Waals surface area contributed by atoms with Crippen LogP contribution in [0.1, 0.15) is 57.6 Å². The number of rotatable bonds is 5. The van der Waals surface area contributed by atoms with Crippen molar-refractivity contribution in [3.8, 4) is 5.75 Å². The van der Waals surface area contributed by atoms with Gasteiger partial charge in [-0.25, -0.2) is 4.39 Å². The van der Waals surface area contributed by atoms with Crippen LogP contribution in [0.3, 0.4) is 0 Å². The van der Waals surface area contributed by atoms with Crippen molar-refractivity contribution in [3.05, 3.63) is 29.6 Å². The number of benzene rings is 1. The van der Waals surface area contributed by atoms with E-state index in [0.717, 1.165) is 44.2 Å².